The van der Waals surface area contributed by atoms with Crippen molar-refractivity contribution in [1.82, 2.24) is 0 Å². The van der Waals surface area contributed by atoms with Crippen molar-refractivity contribution in [2.75, 3.05) is 0 Å². The Balaban J connectivity index is 1.44. The van der Waals surface area contributed by atoms with Gasteiger partial charge >= 0.3 is 5.97 Å². The number of aliphatic carboxylic acids is 1. The molecule has 0 aromatic rings. The number of fused-ring (bicyclic) bond motifs is 5. The summed E-state index contributed by atoms with van der Waals surface area (Å²) in [6.07, 6.45) is 15.2. The van der Waals surface area contributed by atoms with E-state index in [1.54, 1.807) is 5.57 Å². The highest BCUT2D eigenvalue weighted by Gasteiger charge is 2.59. The van der Waals surface area contributed by atoms with Gasteiger partial charge in [0.25, 0.3) is 0 Å². The van der Waals surface area contributed by atoms with Crippen LogP contribution < -0.4 is 0 Å². The van der Waals surface area contributed by atoms with E-state index in [0.717, 1.165) is 49.4 Å². The Bertz CT molecular complexity index is 684. The van der Waals surface area contributed by atoms with Crippen LogP contribution in [0.1, 0.15) is 98.3 Å². The lowest BCUT2D eigenvalue weighted by Crippen LogP contribution is -2.50. The molecule has 30 heavy (non-hydrogen) atoms. The summed E-state index contributed by atoms with van der Waals surface area (Å²) in [5.74, 6) is 3.14. The van der Waals surface area contributed by atoms with E-state index < -0.39 is 5.97 Å². The second kappa shape index (κ2) is 8.26. The zero-order chi connectivity index (χ0) is 21.7. The quantitative estimate of drug-likeness (QED) is 0.489. The first kappa shape index (κ1) is 22.4. The number of rotatable bonds is 6. The Kier molecular flexibility index (Phi) is 6.16. The maximum atomic E-state index is 11.1. The maximum absolute atomic E-state index is 11.1. The minimum atomic E-state index is -0.651. The molecule has 0 spiro atoms. The summed E-state index contributed by atoms with van der Waals surface area (Å²) in [7, 11) is 0. The van der Waals surface area contributed by atoms with Gasteiger partial charge in [0.15, 0.2) is 0 Å². The highest BCUT2D eigenvalue weighted by Crippen LogP contribution is 2.67. The van der Waals surface area contributed by atoms with E-state index in [0.29, 0.717) is 16.7 Å². The van der Waals surface area contributed by atoms with Crippen LogP contribution in [0.3, 0.4) is 0 Å². The lowest BCUT2D eigenvalue weighted by atomic mass is 9.47. The van der Waals surface area contributed by atoms with Gasteiger partial charge in [-0.3, -0.25) is 4.79 Å². The molecule has 170 valence electrons. The summed E-state index contributed by atoms with van der Waals surface area (Å²) in [6.45, 7) is 9.41. The fraction of sp³-hybridized carbons (Fsp3) is 0.889. The van der Waals surface area contributed by atoms with Crippen LogP contribution in [-0.2, 0) is 4.79 Å². The fourth-order valence-electron chi connectivity index (χ4n) is 8.69. The first-order valence-corrected chi connectivity index (χ1v) is 12.8. The van der Waals surface area contributed by atoms with Crippen LogP contribution in [0.25, 0.3) is 0 Å². The standard InChI is InChI=1S/C27H44O3/c1-17(6-5-7-18(2)25(29)30)22-10-11-23-21-9-8-19-16-20(28)12-14-26(19,3)24(21)13-15-27(22,23)4/h8,17-18,20-24,28H,5-7,9-16H2,1-4H3,(H,29,30)/t17?,18?,20?,21-,22+,23-,24-,26-,27+/m0/s1. The van der Waals surface area contributed by atoms with Crippen molar-refractivity contribution in [3.8, 4) is 0 Å². The van der Waals surface area contributed by atoms with Gasteiger partial charge < -0.3 is 10.2 Å². The Hall–Kier alpha value is -0.830. The van der Waals surface area contributed by atoms with Gasteiger partial charge in [-0.2, -0.15) is 0 Å². The molecule has 3 fully saturated rings. The van der Waals surface area contributed by atoms with Gasteiger partial charge in [-0.1, -0.05) is 52.2 Å². The number of aliphatic hydroxyl groups excluding tert-OH is 1. The van der Waals surface area contributed by atoms with E-state index in [-0.39, 0.29) is 12.0 Å². The van der Waals surface area contributed by atoms with E-state index >= 15 is 0 Å². The summed E-state index contributed by atoms with van der Waals surface area (Å²) in [4.78, 5) is 11.1. The molecule has 0 aromatic carbocycles. The van der Waals surface area contributed by atoms with E-state index in [2.05, 4.69) is 26.8 Å². The molecule has 4 aliphatic rings. The average Bonchev–Trinajstić information content (AvgIpc) is 3.05. The molecule has 3 heteroatoms. The predicted octanol–water partition coefficient (Wildman–Crippen LogP) is 6.45. The van der Waals surface area contributed by atoms with Crippen LogP contribution in [-0.4, -0.2) is 22.3 Å². The summed E-state index contributed by atoms with van der Waals surface area (Å²) in [5.41, 5.74) is 2.37. The highest BCUT2D eigenvalue weighted by atomic mass is 16.4. The number of hydrogen-bond donors (Lipinski definition) is 2. The third-order valence-electron chi connectivity index (χ3n) is 10.6. The average molecular weight is 417 g/mol. The lowest BCUT2D eigenvalue weighted by molar-refractivity contribution is -0.141. The smallest absolute Gasteiger partial charge is 0.306 e. The van der Waals surface area contributed by atoms with Gasteiger partial charge in [0.1, 0.15) is 0 Å². The molecule has 4 rings (SSSR count). The zero-order valence-corrected chi connectivity index (χ0v) is 19.7. The second-order valence-corrected chi connectivity index (χ2v) is 12.0. The summed E-state index contributed by atoms with van der Waals surface area (Å²) >= 11 is 0. The minimum absolute atomic E-state index is 0.115. The third kappa shape index (κ3) is 3.67. The van der Waals surface area contributed by atoms with Crippen LogP contribution in [0.5, 0.6) is 0 Å². The summed E-state index contributed by atoms with van der Waals surface area (Å²) in [6, 6.07) is 0. The Morgan fingerprint density at radius 3 is 2.60 bits per heavy atom. The van der Waals surface area contributed by atoms with Gasteiger partial charge in [0.05, 0.1) is 12.0 Å². The van der Waals surface area contributed by atoms with Gasteiger partial charge in [-0.05, 0) is 98.2 Å². The van der Waals surface area contributed by atoms with E-state index in [1.165, 1.54) is 44.9 Å². The van der Waals surface area contributed by atoms with Gasteiger partial charge in [-0.25, -0.2) is 0 Å². The Morgan fingerprint density at radius 1 is 1.10 bits per heavy atom. The van der Waals surface area contributed by atoms with E-state index in [1.807, 2.05) is 6.92 Å². The van der Waals surface area contributed by atoms with E-state index in [9.17, 15) is 9.90 Å². The molecule has 3 nitrogen and oxygen atoms in total. The molecule has 3 saturated carbocycles. The van der Waals surface area contributed by atoms with Crippen molar-refractivity contribution < 1.29 is 15.0 Å². The number of carbonyl (C=O) groups is 1. The van der Waals surface area contributed by atoms with Gasteiger partial charge in [0.2, 0.25) is 0 Å². The van der Waals surface area contributed by atoms with Crippen molar-refractivity contribution in [3.05, 3.63) is 11.6 Å². The molecule has 3 unspecified atom stereocenters. The number of carboxylic acids is 1. The SMILES string of the molecule is CC(CCCC(C)[C@H]1CC[C@H]2[C@@H]3CC=C4CC(O)CC[C@]4(C)[C@H]3CC[C@]12C)C(=O)O. The number of carboxylic acid groups (broad SMARTS) is 1. The van der Waals surface area contributed by atoms with Crippen LogP contribution in [0.4, 0.5) is 0 Å². The molecule has 0 aromatic heterocycles. The molecular weight excluding hydrogens is 372 g/mol. The highest BCUT2D eigenvalue weighted by molar-refractivity contribution is 5.69. The van der Waals surface area contributed by atoms with Crippen LogP contribution in [0.2, 0.25) is 0 Å². The number of hydrogen-bond acceptors (Lipinski definition) is 2. The number of aliphatic hydroxyl groups is 1. The number of allylic oxidation sites excluding steroid dienone is 1. The first-order valence-electron chi connectivity index (χ1n) is 12.8. The fourth-order valence-corrected chi connectivity index (χ4v) is 8.69. The molecule has 0 saturated heterocycles. The summed E-state index contributed by atoms with van der Waals surface area (Å²) in [5, 5.41) is 19.4. The maximum Gasteiger partial charge on any atom is 0.306 e. The first-order chi connectivity index (χ1) is 14.2. The molecular formula is C27H44O3. The van der Waals surface area contributed by atoms with Crippen LogP contribution >= 0.6 is 0 Å². The Morgan fingerprint density at radius 2 is 1.87 bits per heavy atom. The van der Waals surface area contributed by atoms with E-state index in [4.69, 9.17) is 5.11 Å². The van der Waals surface area contributed by atoms with Crippen molar-refractivity contribution >= 4 is 5.97 Å². The lowest BCUT2D eigenvalue weighted by Gasteiger charge is -2.58. The van der Waals surface area contributed by atoms with Gasteiger partial charge in [0, 0.05) is 0 Å². The van der Waals surface area contributed by atoms with Crippen LogP contribution in [0.15, 0.2) is 11.6 Å². The van der Waals surface area contributed by atoms with Crippen molar-refractivity contribution in [1.29, 1.82) is 0 Å². The van der Waals surface area contributed by atoms with Crippen molar-refractivity contribution in [2.24, 2.45) is 46.3 Å². The monoisotopic (exact) mass is 416 g/mol. The summed E-state index contributed by atoms with van der Waals surface area (Å²) < 4.78 is 0. The third-order valence-corrected chi connectivity index (χ3v) is 10.6. The molecule has 0 bridgehead atoms. The topological polar surface area (TPSA) is 57.5 Å². The largest absolute Gasteiger partial charge is 0.481 e. The van der Waals surface area contributed by atoms with Crippen LogP contribution in [0, 0.1) is 46.3 Å². The molecule has 0 heterocycles. The Labute approximate surface area is 183 Å². The molecule has 0 radical (unpaired) electrons. The molecule has 2 N–H and O–H groups in total. The minimum Gasteiger partial charge on any atom is -0.481 e. The molecule has 0 aliphatic heterocycles. The van der Waals surface area contributed by atoms with Crippen molar-refractivity contribution in [3.63, 3.8) is 0 Å². The molecule has 0 amide bonds. The zero-order valence-electron chi connectivity index (χ0n) is 19.7. The molecule has 4 aliphatic carbocycles. The normalized spacial score (nSPS) is 45.0. The molecule has 9 atom stereocenters. The second-order valence-electron chi connectivity index (χ2n) is 12.0. The van der Waals surface area contributed by atoms with Gasteiger partial charge in [-0.15, -0.1) is 0 Å². The predicted molar refractivity (Wildman–Crippen MR) is 121 cm³/mol. The van der Waals surface area contributed by atoms with Crippen molar-refractivity contribution in [2.45, 2.75) is 104 Å².